The smallest absolute Gasteiger partial charge is 0.355 e. The highest BCUT2D eigenvalue weighted by Gasteiger charge is 2.28. The molecule has 2 heterocycles. The molecule has 1 aromatic carbocycles. The maximum Gasteiger partial charge on any atom is 0.355 e. The van der Waals surface area contributed by atoms with Crippen molar-refractivity contribution in [1.82, 2.24) is 9.47 Å². The van der Waals surface area contributed by atoms with Gasteiger partial charge in [-0.2, -0.15) is 0 Å². The number of amides is 1. The largest absolute Gasteiger partial charge is 0.467 e. The predicted molar refractivity (Wildman–Crippen MR) is 115 cm³/mol. The third-order valence-electron chi connectivity index (χ3n) is 5.30. The molecule has 0 spiro atoms. The lowest BCUT2D eigenvalue weighted by molar-refractivity contribution is 0.0514. The number of ketones is 1. The number of benzene rings is 1. The fraction of sp³-hybridized carbons (Fsp3) is 0.292. The Morgan fingerprint density at radius 3 is 2.53 bits per heavy atom. The summed E-state index contributed by atoms with van der Waals surface area (Å²) >= 11 is 0. The van der Waals surface area contributed by atoms with Gasteiger partial charge in [-0.05, 0) is 56.7 Å². The zero-order valence-corrected chi connectivity index (χ0v) is 18.5. The van der Waals surface area contributed by atoms with Crippen LogP contribution in [0.15, 0.2) is 47.1 Å². The van der Waals surface area contributed by atoms with Crippen LogP contribution in [0.1, 0.15) is 55.1 Å². The minimum absolute atomic E-state index is 0.0315. The van der Waals surface area contributed by atoms with Gasteiger partial charge in [0.25, 0.3) is 5.91 Å². The van der Waals surface area contributed by atoms with Crippen molar-refractivity contribution in [2.75, 3.05) is 13.2 Å². The number of hydrogen-bond donors (Lipinski definition) is 0. The summed E-state index contributed by atoms with van der Waals surface area (Å²) in [6, 6.07) is 8.66. The topological polar surface area (TPSA) is 81.8 Å². The highest BCUT2D eigenvalue weighted by Crippen LogP contribution is 2.23. The van der Waals surface area contributed by atoms with Gasteiger partial charge in [0.1, 0.15) is 17.3 Å². The third kappa shape index (κ3) is 4.64. The average molecular weight is 440 g/mol. The Morgan fingerprint density at radius 1 is 1.16 bits per heavy atom. The number of Topliss-reactive ketones (excluding diaryl/α,β-unsaturated/α-hetero) is 1. The number of esters is 1. The predicted octanol–water partition coefficient (Wildman–Crippen LogP) is 4.08. The highest BCUT2D eigenvalue weighted by molar-refractivity contribution is 6.06. The lowest BCUT2D eigenvalue weighted by atomic mass is 10.0. The quantitative estimate of drug-likeness (QED) is 0.390. The molecule has 0 atom stereocenters. The van der Waals surface area contributed by atoms with Crippen LogP contribution in [0.3, 0.4) is 0 Å². The molecule has 3 rings (SSSR count). The first kappa shape index (κ1) is 23.0. The molecule has 0 saturated carbocycles. The number of ether oxygens (including phenoxy) is 1. The van der Waals surface area contributed by atoms with Gasteiger partial charge in [-0.25, -0.2) is 9.18 Å². The van der Waals surface area contributed by atoms with Crippen molar-refractivity contribution >= 4 is 17.7 Å². The molecule has 0 saturated heterocycles. The summed E-state index contributed by atoms with van der Waals surface area (Å²) in [6.45, 7) is 5.09. The summed E-state index contributed by atoms with van der Waals surface area (Å²) in [7, 11) is 1.68. The molecule has 0 unspecified atom stereocenters. The summed E-state index contributed by atoms with van der Waals surface area (Å²) in [4.78, 5) is 40.1. The molecular weight excluding hydrogens is 415 g/mol. The van der Waals surface area contributed by atoms with Crippen molar-refractivity contribution in [2.45, 2.75) is 27.3 Å². The van der Waals surface area contributed by atoms with Crippen LogP contribution >= 0.6 is 0 Å². The molecule has 0 aliphatic rings. The standard InChI is InChI=1S/C24H25FN2O5/c1-5-31-24(30)22-15(2)21(16(3)26(22)4)20(28)14-27(13-19-10-7-11-32-19)23(29)17-8-6-9-18(25)12-17/h6-12H,5,13-14H2,1-4H3. The lowest BCUT2D eigenvalue weighted by Crippen LogP contribution is -2.35. The molecule has 0 N–H and O–H groups in total. The molecule has 1 amide bonds. The van der Waals surface area contributed by atoms with Crippen LogP contribution in [-0.2, 0) is 18.3 Å². The van der Waals surface area contributed by atoms with Crippen molar-refractivity contribution in [3.05, 3.63) is 82.3 Å². The van der Waals surface area contributed by atoms with E-state index in [2.05, 4.69) is 0 Å². The second-order valence-electron chi connectivity index (χ2n) is 7.39. The van der Waals surface area contributed by atoms with Crippen LogP contribution in [0, 0.1) is 19.7 Å². The van der Waals surface area contributed by atoms with E-state index in [9.17, 15) is 18.8 Å². The van der Waals surface area contributed by atoms with E-state index in [1.165, 1.54) is 29.4 Å². The van der Waals surface area contributed by atoms with Gasteiger partial charge in [-0.3, -0.25) is 9.59 Å². The Balaban J connectivity index is 1.94. The molecule has 3 aromatic rings. The summed E-state index contributed by atoms with van der Waals surface area (Å²) in [5.41, 5.74) is 1.85. The van der Waals surface area contributed by atoms with E-state index in [0.29, 0.717) is 28.3 Å². The Bertz CT molecular complexity index is 1150. The second kappa shape index (κ2) is 9.64. The van der Waals surface area contributed by atoms with Gasteiger partial charge in [-0.15, -0.1) is 0 Å². The van der Waals surface area contributed by atoms with Gasteiger partial charge >= 0.3 is 5.97 Å². The van der Waals surface area contributed by atoms with E-state index < -0.39 is 17.7 Å². The van der Waals surface area contributed by atoms with Crippen molar-refractivity contribution in [1.29, 1.82) is 0 Å². The number of nitrogens with zero attached hydrogens (tertiary/aromatic N) is 2. The van der Waals surface area contributed by atoms with Crippen molar-refractivity contribution in [3.63, 3.8) is 0 Å². The number of aromatic nitrogens is 1. The SMILES string of the molecule is CCOC(=O)c1c(C)c(C(=O)CN(Cc2ccco2)C(=O)c2cccc(F)c2)c(C)n1C. The van der Waals surface area contributed by atoms with Crippen LogP contribution < -0.4 is 0 Å². The van der Waals surface area contributed by atoms with Gasteiger partial charge in [0, 0.05) is 23.9 Å². The van der Waals surface area contributed by atoms with Crippen LogP contribution in [0.25, 0.3) is 0 Å². The van der Waals surface area contributed by atoms with E-state index in [1.54, 1.807) is 44.5 Å². The van der Waals surface area contributed by atoms with E-state index in [1.807, 2.05) is 0 Å². The van der Waals surface area contributed by atoms with Gasteiger partial charge in [-0.1, -0.05) is 6.07 Å². The Hall–Kier alpha value is -3.68. The molecular formula is C24H25FN2O5. The van der Waals surface area contributed by atoms with Gasteiger partial charge < -0.3 is 18.6 Å². The minimum Gasteiger partial charge on any atom is -0.467 e. The number of carbonyl (C=O) groups excluding carboxylic acids is 3. The number of halogens is 1. The number of carbonyl (C=O) groups is 3. The summed E-state index contributed by atoms with van der Waals surface area (Å²) in [5.74, 6) is -1.43. The van der Waals surface area contributed by atoms with E-state index in [4.69, 9.17) is 9.15 Å². The van der Waals surface area contributed by atoms with E-state index >= 15 is 0 Å². The van der Waals surface area contributed by atoms with Gasteiger partial charge in [0.05, 0.1) is 26.0 Å². The fourth-order valence-corrected chi connectivity index (χ4v) is 3.72. The van der Waals surface area contributed by atoms with Gasteiger partial charge in [0.15, 0.2) is 5.78 Å². The molecule has 0 bridgehead atoms. The Morgan fingerprint density at radius 2 is 1.91 bits per heavy atom. The zero-order chi connectivity index (χ0) is 23.4. The molecule has 0 aliphatic carbocycles. The molecule has 168 valence electrons. The summed E-state index contributed by atoms with van der Waals surface area (Å²) in [6.07, 6.45) is 1.47. The summed E-state index contributed by atoms with van der Waals surface area (Å²) in [5, 5.41) is 0. The number of hydrogen-bond acceptors (Lipinski definition) is 5. The van der Waals surface area contributed by atoms with E-state index in [-0.39, 0.29) is 31.0 Å². The van der Waals surface area contributed by atoms with Crippen molar-refractivity contribution < 1.29 is 27.9 Å². The normalized spacial score (nSPS) is 10.8. The maximum absolute atomic E-state index is 13.7. The fourth-order valence-electron chi connectivity index (χ4n) is 3.72. The average Bonchev–Trinajstić information content (AvgIpc) is 3.33. The monoisotopic (exact) mass is 440 g/mol. The molecule has 0 aliphatic heterocycles. The molecule has 0 radical (unpaired) electrons. The first-order valence-electron chi connectivity index (χ1n) is 10.2. The maximum atomic E-state index is 13.7. The summed E-state index contributed by atoms with van der Waals surface area (Å²) < 4.78 is 25.8. The van der Waals surface area contributed by atoms with Crippen LogP contribution in [0.4, 0.5) is 4.39 Å². The molecule has 0 fully saturated rings. The molecule has 7 nitrogen and oxygen atoms in total. The van der Waals surface area contributed by atoms with Crippen LogP contribution in [-0.4, -0.2) is 40.3 Å². The second-order valence-corrected chi connectivity index (χ2v) is 7.39. The molecule has 2 aromatic heterocycles. The van der Waals surface area contributed by atoms with Crippen LogP contribution in [0.5, 0.6) is 0 Å². The molecule has 32 heavy (non-hydrogen) atoms. The Labute approximate surface area is 185 Å². The van der Waals surface area contributed by atoms with E-state index in [0.717, 1.165) is 6.07 Å². The van der Waals surface area contributed by atoms with Crippen molar-refractivity contribution in [2.24, 2.45) is 7.05 Å². The highest BCUT2D eigenvalue weighted by atomic mass is 19.1. The Kier molecular flexibility index (Phi) is 6.92. The number of rotatable bonds is 8. The van der Waals surface area contributed by atoms with Crippen LogP contribution in [0.2, 0.25) is 0 Å². The first-order valence-corrected chi connectivity index (χ1v) is 10.2. The number of furan rings is 1. The third-order valence-corrected chi connectivity index (χ3v) is 5.30. The lowest BCUT2D eigenvalue weighted by Gasteiger charge is -2.21. The minimum atomic E-state index is -0.547. The van der Waals surface area contributed by atoms with Gasteiger partial charge in [0.2, 0.25) is 0 Å². The zero-order valence-electron chi connectivity index (χ0n) is 18.5. The molecule has 8 heteroatoms. The first-order chi connectivity index (χ1) is 15.2. The van der Waals surface area contributed by atoms with Crippen molar-refractivity contribution in [3.8, 4) is 0 Å².